The van der Waals surface area contributed by atoms with Crippen LogP contribution in [0, 0.1) is 5.92 Å². The van der Waals surface area contributed by atoms with Gasteiger partial charge in [0.1, 0.15) is 0 Å². The van der Waals surface area contributed by atoms with Crippen LogP contribution < -0.4 is 5.32 Å². The Morgan fingerprint density at radius 3 is 2.50 bits per heavy atom. The van der Waals surface area contributed by atoms with Gasteiger partial charge in [-0.3, -0.25) is 9.59 Å². The van der Waals surface area contributed by atoms with Gasteiger partial charge in [-0.05, 0) is 18.8 Å². The largest absolute Gasteiger partial charge is 0.314 e. The second kappa shape index (κ2) is 6.74. The van der Waals surface area contributed by atoms with Crippen LogP contribution in [-0.2, 0) is 4.79 Å². The molecule has 0 atom stereocenters. The van der Waals surface area contributed by atoms with Crippen molar-refractivity contribution in [2.24, 2.45) is 5.92 Å². The number of amides is 1. The van der Waals surface area contributed by atoms with E-state index in [1.807, 2.05) is 13.8 Å². The highest BCUT2D eigenvalue weighted by atomic mass is 32.2. The highest BCUT2D eigenvalue weighted by Crippen LogP contribution is 2.29. The molecule has 0 radical (unpaired) electrons. The van der Waals surface area contributed by atoms with Crippen LogP contribution >= 0.6 is 11.8 Å². The van der Waals surface area contributed by atoms with Crippen molar-refractivity contribution in [1.82, 2.24) is 5.32 Å². The molecule has 90 valence electrons. The lowest BCUT2D eigenvalue weighted by Gasteiger charge is -2.09. The molecule has 0 heterocycles. The first-order valence-corrected chi connectivity index (χ1v) is 6.64. The summed E-state index contributed by atoms with van der Waals surface area (Å²) in [4.78, 5) is 22.3. The fourth-order valence-corrected chi connectivity index (χ4v) is 2.82. The first-order chi connectivity index (χ1) is 7.61. The molecule has 0 aromatic heterocycles. The van der Waals surface area contributed by atoms with Crippen molar-refractivity contribution in [2.45, 2.75) is 44.8 Å². The number of thioether (sulfide) groups is 1. The predicted molar refractivity (Wildman–Crippen MR) is 67.4 cm³/mol. The van der Waals surface area contributed by atoms with E-state index in [0.717, 1.165) is 12.8 Å². The minimum Gasteiger partial charge on any atom is -0.314 e. The molecule has 3 nitrogen and oxygen atoms in total. The standard InChI is InChI=1S/C12H19NO2S/c1-9(2)7-10(8-14)13-12(15)16-11-5-3-4-6-11/h7-9,11H,3-6H2,1-2H3,(H,13,15)/b10-7+. The minimum atomic E-state index is -0.106. The number of allylic oxidation sites excluding steroid dienone is 2. The van der Waals surface area contributed by atoms with Crippen LogP contribution in [0.5, 0.6) is 0 Å². The second-order valence-corrected chi connectivity index (χ2v) is 5.69. The molecule has 4 heteroatoms. The average Bonchev–Trinajstić information content (AvgIpc) is 2.68. The number of carbonyl (C=O) groups excluding carboxylic acids is 2. The van der Waals surface area contributed by atoms with Crippen molar-refractivity contribution in [3.63, 3.8) is 0 Å². The summed E-state index contributed by atoms with van der Waals surface area (Å²) in [6, 6.07) is 0. The van der Waals surface area contributed by atoms with E-state index >= 15 is 0 Å². The van der Waals surface area contributed by atoms with E-state index in [-0.39, 0.29) is 11.2 Å². The molecule has 0 bridgehead atoms. The summed E-state index contributed by atoms with van der Waals surface area (Å²) in [6.45, 7) is 3.94. The SMILES string of the molecule is CC(C)/C=C(\C=O)NC(=O)SC1CCCC1. The normalized spacial score (nSPS) is 17.8. The van der Waals surface area contributed by atoms with Gasteiger partial charge in [0.05, 0.1) is 5.70 Å². The Hall–Kier alpha value is -0.770. The van der Waals surface area contributed by atoms with Gasteiger partial charge in [0.25, 0.3) is 5.24 Å². The first kappa shape index (κ1) is 13.3. The minimum absolute atomic E-state index is 0.106. The molecular weight excluding hydrogens is 222 g/mol. The lowest BCUT2D eigenvalue weighted by Crippen LogP contribution is -2.21. The van der Waals surface area contributed by atoms with Crippen LogP contribution in [0.1, 0.15) is 39.5 Å². The van der Waals surface area contributed by atoms with Gasteiger partial charge in [-0.15, -0.1) is 0 Å². The highest BCUT2D eigenvalue weighted by molar-refractivity contribution is 8.14. The first-order valence-electron chi connectivity index (χ1n) is 5.76. The average molecular weight is 241 g/mol. The Morgan fingerprint density at radius 2 is 2.00 bits per heavy atom. The van der Waals surface area contributed by atoms with E-state index in [9.17, 15) is 9.59 Å². The summed E-state index contributed by atoms with van der Waals surface area (Å²) in [5.74, 6) is 0.261. The zero-order valence-electron chi connectivity index (χ0n) is 9.86. The fourth-order valence-electron chi connectivity index (χ4n) is 1.77. The summed E-state index contributed by atoms with van der Waals surface area (Å²) in [5.41, 5.74) is 0.380. The third kappa shape index (κ3) is 4.84. The van der Waals surface area contributed by atoms with Gasteiger partial charge in [0, 0.05) is 5.25 Å². The smallest absolute Gasteiger partial charge is 0.283 e. The molecule has 0 saturated heterocycles. The van der Waals surface area contributed by atoms with E-state index < -0.39 is 0 Å². The van der Waals surface area contributed by atoms with Crippen LogP contribution in [0.2, 0.25) is 0 Å². The van der Waals surface area contributed by atoms with E-state index in [1.165, 1.54) is 24.6 Å². The number of hydrogen-bond donors (Lipinski definition) is 1. The second-order valence-electron chi connectivity index (χ2n) is 4.42. The highest BCUT2D eigenvalue weighted by Gasteiger charge is 2.19. The topological polar surface area (TPSA) is 46.2 Å². The van der Waals surface area contributed by atoms with Gasteiger partial charge in [-0.25, -0.2) is 0 Å². The van der Waals surface area contributed by atoms with Gasteiger partial charge in [-0.2, -0.15) is 0 Å². The maximum Gasteiger partial charge on any atom is 0.283 e. The Balaban J connectivity index is 2.39. The van der Waals surface area contributed by atoms with Crippen molar-refractivity contribution in [2.75, 3.05) is 0 Å². The van der Waals surface area contributed by atoms with Gasteiger partial charge in [0.2, 0.25) is 0 Å². The molecule has 1 rings (SSSR count). The molecule has 16 heavy (non-hydrogen) atoms. The van der Waals surface area contributed by atoms with Gasteiger partial charge < -0.3 is 5.32 Å². The predicted octanol–water partition coefficient (Wildman–Crippen LogP) is 3.11. The summed E-state index contributed by atoms with van der Waals surface area (Å²) in [7, 11) is 0. The number of rotatable bonds is 4. The lowest BCUT2D eigenvalue weighted by atomic mass is 10.2. The van der Waals surface area contributed by atoms with Crippen LogP contribution in [0.3, 0.4) is 0 Å². The molecule has 1 saturated carbocycles. The van der Waals surface area contributed by atoms with Crippen molar-refractivity contribution in [3.8, 4) is 0 Å². The third-order valence-corrected chi connectivity index (χ3v) is 3.58. The van der Waals surface area contributed by atoms with Crippen LogP contribution in [0.15, 0.2) is 11.8 Å². The molecule has 1 fully saturated rings. The van der Waals surface area contributed by atoms with Crippen LogP contribution in [-0.4, -0.2) is 16.8 Å². The molecule has 1 aliphatic rings. The quantitative estimate of drug-likeness (QED) is 0.607. The maximum atomic E-state index is 11.6. The Kier molecular flexibility index (Phi) is 5.60. The molecule has 0 aliphatic heterocycles. The molecule has 1 N–H and O–H groups in total. The number of carbonyl (C=O) groups is 2. The Bertz CT molecular complexity index is 281. The summed E-state index contributed by atoms with van der Waals surface area (Å²) in [6.07, 6.45) is 7.12. The number of hydrogen-bond acceptors (Lipinski definition) is 3. The summed E-state index contributed by atoms with van der Waals surface area (Å²) >= 11 is 1.33. The van der Waals surface area contributed by atoms with Crippen molar-refractivity contribution in [1.29, 1.82) is 0 Å². The Morgan fingerprint density at radius 1 is 1.38 bits per heavy atom. The molecule has 0 aromatic rings. The van der Waals surface area contributed by atoms with Gasteiger partial charge >= 0.3 is 0 Å². The molecule has 0 unspecified atom stereocenters. The van der Waals surface area contributed by atoms with Gasteiger partial charge in [0.15, 0.2) is 6.29 Å². The molecule has 0 aromatic carbocycles. The molecule has 1 aliphatic carbocycles. The summed E-state index contributed by atoms with van der Waals surface area (Å²) in [5, 5.41) is 2.97. The van der Waals surface area contributed by atoms with E-state index in [1.54, 1.807) is 6.08 Å². The molecule has 0 spiro atoms. The maximum absolute atomic E-state index is 11.6. The van der Waals surface area contributed by atoms with Crippen LogP contribution in [0.4, 0.5) is 4.79 Å². The van der Waals surface area contributed by atoms with Crippen LogP contribution in [0.25, 0.3) is 0 Å². The number of aldehydes is 1. The summed E-state index contributed by atoms with van der Waals surface area (Å²) < 4.78 is 0. The van der Waals surface area contributed by atoms with Gasteiger partial charge in [-0.1, -0.05) is 44.5 Å². The fraction of sp³-hybridized carbons (Fsp3) is 0.667. The van der Waals surface area contributed by atoms with E-state index in [4.69, 9.17) is 0 Å². The zero-order chi connectivity index (χ0) is 12.0. The molecule has 1 amide bonds. The van der Waals surface area contributed by atoms with E-state index in [2.05, 4.69) is 5.32 Å². The van der Waals surface area contributed by atoms with Crippen molar-refractivity contribution >= 4 is 23.3 Å². The third-order valence-electron chi connectivity index (χ3n) is 2.46. The van der Waals surface area contributed by atoms with E-state index in [0.29, 0.717) is 17.2 Å². The molecular formula is C12H19NO2S. The van der Waals surface area contributed by atoms with Crippen molar-refractivity contribution in [3.05, 3.63) is 11.8 Å². The lowest BCUT2D eigenvalue weighted by molar-refractivity contribution is -0.105. The number of nitrogens with one attached hydrogen (secondary N) is 1. The Labute approximate surface area is 101 Å². The zero-order valence-corrected chi connectivity index (χ0v) is 10.7. The monoisotopic (exact) mass is 241 g/mol. The van der Waals surface area contributed by atoms with Crippen molar-refractivity contribution < 1.29 is 9.59 Å².